The van der Waals surface area contributed by atoms with Crippen LogP contribution in [0.2, 0.25) is 0 Å². The van der Waals surface area contributed by atoms with E-state index in [1.165, 1.54) is 6.07 Å². The average Bonchev–Trinajstić information content (AvgIpc) is 2.50. The van der Waals surface area contributed by atoms with Crippen LogP contribution in [-0.2, 0) is 7.05 Å². The summed E-state index contributed by atoms with van der Waals surface area (Å²) in [7, 11) is 1.79. The fourth-order valence-corrected chi connectivity index (χ4v) is 1.16. The normalized spacial score (nSPS) is 10.4. The number of aromatic amines is 1. The van der Waals surface area contributed by atoms with Gasteiger partial charge >= 0.3 is 0 Å². The first-order valence-electron chi connectivity index (χ1n) is 4.01. The van der Waals surface area contributed by atoms with Crippen molar-refractivity contribution in [1.29, 1.82) is 0 Å². The lowest BCUT2D eigenvalue weighted by Crippen LogP contribution is -2.09. The van der Waals surface area contributed by atoms with Crippen molar-refractivity contribution in [2.24, 2.45) is 7.05 Å². The molecule has 0 bridgehead atoms. The van der Waals surface area contributed by atoms with E-state index in [4.69, 9.17) is 5.73 Å². The topological polar surface area (TPSA) is 89.6 Å². The molecule has 6 heteroatoms. The van der Waals surface area contributed by atoms with Crippen molar-refractivity contribution in [3.8, 4) is 11.4 Å². The molecule has 3 N–H and O–H groups in total. The van der Waals surface area contributed by atoms with E-state index >= 15 is 0 Å². The van der Waals surface area contributed by atoms with Gasteiger partial charge in [0.25, 0.3) is 5.56 Å². The molecule has 2 aromatic rings. The molecule has 14 heavy (non-hydrogen) atoms. The summed E-state index contributed by atoms with van der Waals surface area (Å²) < 4.78 is 1.62. The van der Waals surface area contributed by atoms with E-state index in [1.54, 1.807) is 24.1 Å². The number of aryl methyl sites for hydroxylation is 1. The molecule has 0 saturated carbocycles. The highest BCUT2D eigenvalue weighted by Crippen LogP contribution is 2.11. The van der Waals surface area contributed by atoms with Crippen molar-refractivity contribution in [2.75, 3.05) is 5.73 Å². The molecule has 0 aliphatic carbocycles. The van der Waals surface area contributed by atoms with E-state index in [-0.39, 0.29) is 11.4 Å². The molecule has 2 aromatic heterocycles. The number of aromatic nitrogens is 4. The van der Waals surface area contributed by atoms with Gasteiger partial charge in [0.05, 0.1) is 11.8 Å². The van der Waals surface area contributed by atoms with Gasteiger partial charge in [-0.05, 0) is 0 Å². The van der Waals surface area contributed by atoms with Crippen LogP contribution in [0.15, 0.2) is 23.3 Å². The summed E-state index contributed by atoms with van der Waals surface area (Å²) >= 11 is 0. The minimum atomic E-state index is -0.267. The molecule has 72 valence electrons. The van der Waals surface area contributed by atoms with E-state index in [1.807, 2.05) is 0 Å². The first-order chi connectivity index (χ1) is 6.65. The predicted octanol–water partition coefficient (Wildman–Crippen LogP) is -0.247. The van der Waals surface area contributed by atoms with Crippen LogP contribution in [-0.4, -0.2) is 19.7 Å². The summed E-state index contributed by atoms with van der Waals surface area (Å²) in [5.41, 5.74) is 5.91. The van der Waals surface area contributed by atoms with Crippen molar-refractivity contribution in [2.45, 2.75) is 0 Å². The summed E-state index contributed by atoms with van der Waals surface area (Å²) in [5.74, 6) is 0.635. The molecule has 0 aliphatic rings. The third-order valence-corrected chi connectivity index (χ3v) is 1.74. The summed E-state index contributed by atoms with van der Waals surface area (Å²) in [6.07, 6.45) is 3.36. The number of H-pyrrole nitrogens is 1. The molecule has 0 amide bonds. The molecule has 0 saturated heterocycles. The van der Waals surface area contributed by atoms with Gasteiger partial charge in [-0.1, -0.05) is 0 Å². The maximum Gasteiger partial charge on any atom is 0.253 e. The molecule has 0 aromatic carbocycles. The Morgan fingerprint density at radius 3 is 2.93 bits per heavy atom. The third kappa shape index (κ3) is 1.49. The van der Waals surface area contributed by atoms with Crippen LogP contribution in [0.25, 0.3) is 11.4 Å². The van der Waals surface area contributed by atoms with Crippen LogP contribution in [0.5, 0.6) is 0 Å². The van der Waals surface area contributed by atoms with Gasteiger partial charge in [0.2, 0.25) is 0 Å². The number of hydrogen-bond donors (Lipinski definition) is 2. The molecule has 2 heterocycles. The molecule has 6 nitrogen and oxygen atoms in total. The van der Waals surface area contributed by atoms with Crippen LogP contribution in [0, 0.1) is 0 Å². The van der Waals surface area contributed by atoms with Gasteiger partial charge in [0.15, 0.2) is 0 Å². The van der Waals surface area contributed by atoms with Crippen molar-refractivity contribution < 1.29 is 0 Å². The minimum absolute atomic E-state index is 0.201. The van der Waals surface area contributed by atoms with Crippen molar-refractivity contribution >= 4 is 5.82 Å². The SMILES string of the molecule is Cn1cc(-c2nc(N)cc(=O)[nH]2)cn1. The number of nitrogens with one attached hydrogen (secondary N) is 1. The number of nitrogen functional groups attached to an aromatic ring is 1. The van der Waals surface area contributed by atoms with Crippen LogP contribution >= 0.6 is 0 Å². The second-order valence-electron chi connectivity index (χ2n) is 2.92. The number of anilines is 1. The molecule has 0 fully saturated rings. The van der Waals surface area contributed by atoms with Crippen LogP contribution in [0.1, 0.15) is 0 Å². The van der Waals surface area contributed by atoms with Crippen molar-refractivity contribution in [3.63, 3.8) is 0 Å². The minimum Gasteiger partial charge on any atom is -0.383 e. The lowest BCUT2D eigenvalue weighted by molar-refractivity contribution is 0.768. The first-order valence-corrected chi connectivity index (χ1v) is 4.01. The van der Waals surface area contributed by atoms with Crippen LogP contribution in [0.4, 0.5) is 5.82 Å². The Hall–Kier alpha value is -2.11. The molecular weight excluding hydrogens is 182 g/mol. The Morgan fingerprint density at radius 2 is 2.36 bits per heavy atom. The highest BCUT2D eigenvalue weighted by molar-refractivity contribution is 5.53. The van der Waals surface area contributed by atoms with Gasteiger partial charge in [-0.15, -0.1) is 0 Å². The number of rotatable bonds is 1. The average molecular weight is 191 g/mol. The second kappa shape index (κ2) is 2.99. The fourth-order valence-electron chi connectivity index (χ4n) is 1.16. The zero-order valence-electron chi connectivity index (χ0n) is 7.56. The van der Waals surface area contributed by atoms with Crippen molar-refractivity contribution in [3.05, 3.63) is 28.8 Å². The highest BCUT2D eigenvalue weighted by atomic mass is 16.1. The molecule has 0 aliphatic heterocycles. The van der Waals surface area contributed by atoms with Gasteiger partial charge in [-0.2, -0.15) is 5.10 Å². The van der Waals surface area contributed by atoms with E-state index < -0.39 is 0 Å². The van der Waals surface area contributed by atoms with Crippen LogP contribution < -0.4 is 11.3 Å². The molecular formula is C8H9N5O. The monoisotopic (exact) mass is 191 g/mol. The van der Waals surface area contributed by atoms with E-state index in [0.29, 0.717) is 5.82 Å². The third-order valence-electron chi connectivity index (χ3n) is 1.74. The van der Waals surface area contributed by atoms with E-state index in [0.717, 1.165) is 5.56 Å². The Kier molecular flexibility index (Phi) is 1.81. The Labute approximate surface area is 79.4 Å². The van der Waals surface area contributed by atoms with Gasteiger partial charge in [0, 0.05) is 19.3 Å². The Balaban J connectivity index is 2.56. The summed E-state index contributed by atoms with van der Waals surface area (Å²) in [6, 6.07) is 1.24. The van der Waals surface area contributed by atoms with Gasteiger partial charge in [-0.25, -0.2) is 4.98 Å². The quantitative estimate of drug-likeness (QED) is 0.650. The van der Waals surface area contributed by atoms with Crippen LogP contribution in [0.3, 0.4) is 0 Å². The molecule has 0 radical (unpaired) electrons. The smallest absolute Gasteiger partial charge is 0.253 e. The maximum absolute atomic E-state index is 11.1. The molecule has 2 rings (SSSR count). The van der Waals surface area contributed by atoms with Gasteiger partial charge in [-0.3, -0.25) is 9.48 Å². The largest absolute Gasteiger partial charge is 0.383 e. The van der Waals surface area contributed by atoms with E-state index in [9.17, 15) is 4.79 Å². The van der Waals surface area contributed by atoms with Crippen molar-refractivity contribution in [1.82, 2.24) is 19.7 Å². The predicted molar refractivity (Wildman–Crippen MR) is 51.5 cm³/mol. The zero-order chi connectivity index (χ0) is 10.1. The summed E-state index contributed by atoms with van der Waals surface area (Å²) in [6.45, 7) is 0. The molecule has 0 spiro atoms. The second-order valence-corrected chi connectivity index (χ2v) is 2.92. The zero-order valence-corrected chi connectivity index (χ0v) is 7.56. The summed E-state index contributed by atoms with van der Waals surface area (Å²) in [4.78, 5) is 17.7. The molecule has 0 unspecified atom stereocenters. The first kappa shape index (κ1) is 8.49. The lowest BCUT2D eigenvalue weighted by atomic mass is 10.3. The number of nitrogens with two attached hydrogens (primary N) is 1. The molecule has 0 atom stereocenters. The number of hydrogen-bond acceptors (Lipinski definition) is 4. The fraction of sp³-hybridized carbons (Fsp3) is 0.125. The maximum atomic E-state index is 11.1. The van der Waals surface area contributed by atoms with Gasteiger partial charge in [0.1, 0.15) is 11.6 Å². The highest BCUT2D eigenvalue weighted by Gasteiger charge is 2.03. The number of nitrogens with zero attached hydrogens (tertiary/aromatic N) is 3. The van der Waals surface area contributed by atoms with E-state index in [2.05, 4.69) is 15.1 Å². The standard InChI is InChI=1S/C8H9N5O/c1-13-4-5(3-10-13)8-11-6(9)2-7(14)12-8/h2-4H,1H3,(H3,9,11,12,14). The Morgan fingerprint density at radius 1 is 1.57 bits per heavy atom. The Bertz CT molecular complexity index is 512. The summed E-state index contributed by atoms with van der Waals surface area (Å²) in [5, 5.41) is 3.97. The lowest BCUT2D eigenvalue weighted by Gasteiger charge is -1.96. The van der Waals surface area contributed by atoms with Gasteiger partial charge < -0.3 is 10.7 Å².